The number of nitrogens with zero attached hydrogens (tertiary/aromatic N) is 2. The Hall–Kier alpha value is -1.74. The molecule has 1 aromatic heterocycles. The molecule has 116 valence electrons. The van der Waals surface area contributed by atoms with E-state index < -0.39 is 0 Å². The van der Waals surface area contributed by atoms with E-state index in [0.29, 0.717) is 6.10 Å². The van der Waals surface area contributed by atoms with E-state index >= 15 is 0 Å². The standard InChI is InChI=1S/C19H24N2O/c1-13-8-10-15(11-9-13)19-17-7-5-4-6-16(22-3)12-18(17)14(2)20-21-19/h8-11,16H,4-7,12H2,1-3H3. The minimum atomic E-state index is 0.299. The van der Waals surface area contributed by atoms with E-state index in [1.165, 1.54) is 35.1 Å². The summed E-state index contributed by atoms with van der Waals surface area (Å²) in [5, 5.41) is 8.95. The van der Waals surface area contributed by atoms with Gasteiger partial charge >= 0.3 is 0 Å². The van der Waals surface area contributed by atoms with E-state index in [4.69, 9.17) is 4.74 Å². The van der Waals surface area contributed by atoms with E-state index in [0.717, 1.165) is 30.7 Å². The van der Waals surface area contributed by atoms with Crippen LogP contribution in [0, 0.1) is 13.8 Å². The van der Waals surface area contributed by atoms with Gasteiger partial charge in [-0.05, 0) is 44.2 Å². The second-order valence-corrected chi connectivity index (χ2v) is 6.26. The first-order chi connectivity index (χ1) is 10.7. The van der Waals surface area contributed by atoms with Crippen molar-refractivity contribution in [2.24, 2.45) is 0 Å². The highest BCUT2D eigenvalue weighted by Gasteiger charge is 2.21. The summed E-state index contributed by atoms with van der Waals surface area (Å²) in [7, 11) is 1.82. The molecule has 0 amide bonds. The van der Waals surface area contributed by atoms with Crippen molar-refractivity contribution in [2.75, 3.05) is 7.11 Å². The number of hydrogen-bond donors (Lipinski definition) is 0. The fraction of sp³-hybridized carbons (Fsp3) is 0.474. The Kier molecular flexibility index (Phi) is 4.53. The van der Waals surface area contributed by atoms with Crippen LogP contribution in [0.4, 0.5) is 0 Å². The van der Waals surface area contributed by atoms with Crippen LogP contribution in [-0.2, 0) is 17.6 Å². The van der Waals surface area contributed by atoms with E-state index in [9.17, 15) is 0 Å². The first-order valence-corrected chi connectivity index (χ1v) is 8.14. The van der Waals surface area contributed by atoms with Crippen LogP contribution in [0.1, 0.15) is 41.6 Å². The van der Waals surface area contributed by atoms with E-state index in [-0.39, 0.29) is 0 Å². The molecule has 22 heavy (non-hydrogen) atoms. The quantitative estimate of drug-likeness (QED) is 0.838. The summed E-state index contributed by atoms with van der Waals surface area (Å²) >= 11 is 0. The third-order valence-corrected chi connectivity index (χ3v) is 4.68. The summed E-state index contributed by atoms with van der Waals surface area (Å²) in [4.78, 5) is 0. The molecule has 1 aromatic carbocycles. The zero-order valence-electron chi connectivity index (χ0n) is 13.7. The number of aromatic nitrogens is 2. The number of hydrogen-bond acceptors (Lipinski definition) is 3. The molecule has 1 atom stereocenters. The van der Waals surface area contributed by atoms with Gasteiger partial charge < -0.3 is 4.74 Å². The van der Waals surface area contributed by atoms with Crippen molar-refractivity contribution in [1.82, 2.24) is 10.2 Å². The second kappa shape index (κ2) is 6.57. The van der Waals surface area contributed by atoms with Crippen molar-refractivity contribution >= 4 is 0 Å². The van der Waals surface area contributed by atoms with Crippen molar-refractivity contribution in [1.29, 1.82) is 0 Å². The third kappa shape index (κ3) is 3.05. The maximum Gasteiger partial charge on any atom is 0.0964 e. The summed E-state index contributed by atoms with van der Waals surface area (Å²) in [6.45, 7) is 4.18. The molecule has 0 saturated heterocycles. The summed E-state index contributed by atoms with van der Waals surface area (Å²) < 4.78 is 5.65. The summed E-state index contributed by atoms with van der Waals surface area (Å²) in [6.07, 6.45) is 5.88. The number of rotatable bonds is 2. The van der Waals surface area contributed by atoms with Crippen LogP contribution in [0.25, 0.3) is 11.3 Å². The van der Waals surface area contributed by atoms with Crippen molar-refractivity contribution in [3.63, 3.8) is 0 Å². The Morgan fingerprint density at radius 2 is 1.77 bits per heavy atom. The Balaban J connectivity index is 2.09. The summed E-state index contributed by atoms with van der Waals surface area (Å²) in [5.41, 5.74) is 7.26. The monoisotopic (exact) mass is 296 g/mol. The highest BCUT2D eigenvalue weighted by Crippen LogP contribution is 2.30. The molecule has 0 fully saturated rings. The van der Waals surface area contributed by atoms with Crippen LogP contribution in [0.3, 0.4) is 0 Å². The first-order valence-electron chi connectivity index (χ1n) is 8.14. The molecule has 0 bridgehead atoms. The lowest BCUT2D eigenvalue weighted by Crippen LogP contribution is -2.20. The number of aryl methyl sites for hydroxylation is 2. The zero-order valence-corrected chi connectivity index (χ0v) is 13.7. The Morgan fingerprint density at radius 3 is 2.50 bits per heavy atom. The van der Waals surface area contributed by atoms with Crippen LogP contribution < -0.4 is 0 Å². The maximum atomic E-state index is 5.65. The van der Waals surface area contributed by atoms with Gasteiger partial charge in [0.1, 0.15) is 0 Å². The van der Waals surface area contributed by atoms with E-state index in [2.05, 4.69) is 48.3 Å². The molecular formula is C19H24N2O. The number of methoxy groups -OCH3 is 1. The Morgan fingerprint density at radius 1 is 1.00 bits per heavy atom. The van der Waals surface area contributed by atoms with Crippen LogP contribution in [0.5, 0.6) is 0 Å². The Bertz CT molecular complexity index is 649. The molecule has 1 unspecified atom stereocenters. The van der Waals surface area contributed by atoms with Crippen LogP contribution in [0.15, 0.2) is 24.3 Å². The minimum absolute atomic E-state index is 0.299. The molecule has 0 radical (unpaired) electrons. The number of ether oxygens (including phenoxy) is 1. The van der Waals surface area contributed by atoms with Gasteiger partial charge in [0.25, 0.3) is 0 Å². The van der Waals surface area contributed by atoms with Crippen LogP contribution in [-0.4, -0.2) is 23.4 Å². The summed E-state index contributed by atoms with van der Waals surface area (Å²) in [5.74, 6) is 0. The van der Waals surface area contributed by atoms with Crippen molar-refractivity contribution < 1.29 is 4.74 Å². The van der Waals surface area contributed by atoms with Gasteiger partial charge in [-0.3, -0.25) is 0 Å². The molecule has 0 saturated carbocycles. The maximum absolute atomic E-state index is 5.65. The highest BCUT2D eigenvalue weighted by molar-refractivity contribution is 5.65. The number of benzene rings is 1. The lowest BCUT2D eigenvalue weighted by molar-refractivity contribution is 0.0915. The topological polar surface area (TPSA) is 35.0 Å². The molecule has 0 aliphatic heterocycles. The van der Waals surface area contributed by atoms with Crippen LogP contribution in [0.2, 0.25) is 0 Å². The van der Waals surface area contributed by atoms with Gasteiger partial charge in [-0.2, -0.15) is 5.10 Å². The van der Waals surface area contributed by atoms with Gasteiger partial charge in [0.15, 0.2) is 0 Å². The molecule has 1 heterocycles. The minimum Gasteiger partial charge on any atom is -0.381 e. The van der Waals surface area contributed by atoms with Crippen LogP contribution >= 0.6 is 0 Å². The highest BCUT2D eigenvalue weighted by atomic mass is 16.5. The van der Waals surface area contributed by atoms with Crippen molar-refractivity contribution in [3.8, 4) is 11.3 Å². The Labute approximate surface area is 132 Å². The smallest absolute Gasteiger partial charge is 0.0964 e. The normalized spacial score (nSPS) is 18.4. The van der Waals surface area contributed by atoms with Crippen molar-refractivity contribution in [2.45, 2.75) is 52.1 Å². The fourth-order valence-corrected chi connectivity index (χ4v) is 3.30. The van der Waals surface area contributed by atoms with Crippen molar-refractivity contribution in [3.05, 3.63) is 46.6 Å². The van der Waals surface area contributed by atoms with Gasteiger partial charge in [-0.25, -0.2) is 0 Å². The largest absolute Gasteiger partial charge is 0.381 e. The van der Waals surface area contributed by atoms with Gasteiger partial charge in [0.2, 0.25) is 0 Å². The molecule has 3 rings (SSSR count). The molecule has 1 aliphatic carbocycles. The molecule has 1 aliphatic rings. The van der Waals surface area contributed by atoms with E-state index in [1.54, 1.807) is 0 Å². The van der Waals surface area contributed by atoms with Gasteiger partial charge in [-0.1, -0.05) is 36.2 Å². The SMILES string of the molecule is COC1CCCCc2c(-c3ccc(C)cc3)nnc(C)c2C1. The molecule has 0 spiro atoms. The third-order valence-electron chi connectivity index (χ3n) is 4.68. The average molecular weight is 296 g/mol. The second-order valence-electron chi connectivity index (χ2n) is 6.26. The molecule has 0 N–H and O–H groups in total. The van der Waals surface area contributed by atoms with Gasteiger partial charge in [0, 0.05) is 19.1 Å². The molecular weight excluding hydrogens is 272 g/mol. The average Bonchev–Trinajstić information content (AvgIpc) is 2.50. The molecule has 3 heteroatoms. The molecule has 3 nitrogen and oxygen atoms in total. The lowest BCUT2D eigenvalue weighted by atomic mass is 9.88. The number of fused-ring (bicyclic) bond motifs is 1. The lowest BCUT2D eigenvalue weighted by Gasteiger charge is -2.23. The predicted molar refractivity (Wildman–Crippen MR) is 89.0 cm³/mol. The van der Waals surface area contributed by atoms with E-state index in [1.807, 2.05) is 7.11 Å². The van der Waals surface area contributed by atoms with Gasteiger partial charge in [-0.15, -0.1) is 5.10 Å². The predicted octanol–water partition coefficient (Wildman–Crippen LogP) is 4.04. The van der Waals surface area contributed by atoms with Gasteiger partial charge in [0.05, 0.1) is 17.5 Å². The summed E-state index contributed by atoms with van der Waals surface area (Å²) in [6, 6.07) is 8.59. The first kappa shape index (κ1) is 15.2. The molecule has 2 aromatic rings. The fourth-order valence-electron chi connectivity index (χ4n) is 3.30. The zero-order chi connectivity index (χ0) is 15.5.